The average Bonchev–Trinajstić information content (AvgIpc) is 2.13. The second-order valence-electron chi connectivity index (χ2n) is 2.11. The highest BCUT2D eigenvalue weighted by molar-refractivity contribution is 7.15. The van der Waals surface area contributed by atoms with Gasteiger partial charge >= 0.3 is 5.13 Å². The second kappa shape index (κ2) is 2.98. The summed E-state index contributed by atoms with van der Waals surface area (Å²) in [6.07, 6.45) is 0.699. The number of hydrogen-bond acceptors (Lipinski definition) is 3. The van der Waals surface area contributed by atoms with Gasteiger partial charge in [-0.3, -0.25) is 5.73 Å². The number of aromatic nitrogens is 1. The fraction of sp³-hybridized carbons (Fsp3) is 0.500. The number of nitrogen functional groups attached to an aromatic ring is 1. The molecule has 10 heavy (non-hydrogen) atoms. The van der Waals surface area contributed by atoms with Crippen LogP contribution >= 0.6 is 11.3 Å². The van der Waals surface area contributed by atoms with Crippen LogP contribution in [0.1, 0.15) is 10.6 Å². The number of hydrogen-bond donors (Lipinski definition) is 2. The molecule has 0 amide bonds. The van der Waals surface area contributed by atoms with E-state index >= 15 is 0 Å². The number of anilines is 1. The van der Waals surface area contributed by atoms with E-state index in [2.05, 4.69) is 4.98 Å². The standard InChI is InChI=1S/C6H10N2OS/c1-4-5(2-3-9)10-6(7)8-4/h9H,2-3H2,1H3,(H2,7,8)/p+1. The van der Waals surface area contributed by atoms with E-state index in [1.165, 1.54) is 11.3 Å². The quantitative estimate of drug-likeness (QED) is 0.637. The van der Waals surface area contributed by atoms with Crippen LogP contribution in [0.3, 0.4) is 0 Å². The van der Waals surface area contributed by atoms with Gasteiger partial charge in [-0.05, 0) is 6.92 Å². The Hall–Kier alpha value is -0.610. The van der Waals surface area contributed by atoms with Gasteiger partial charge in [0.05, 0.1) is 4.88 Å². The van der Waals surface area contributed by atoms with Gasteiger partial charge in [0, 0.05) is 13.0 Å². The van der Waals surface area contributed by atoms with Crippen LogP contribution in [0.5, 0.6) is 0 Å². The molecular formula is C6H11N2OS+. The molecule has 0 spiro atoms. The molecule has 0 saturated carbocycles. The van der Waals surface area contributed by atoms with Crippen molar-refractivity contribution in [2.45, 2.75) is 13.3 Å². The van der Waals surface area contributed by atoms with Gasteiger partial charge in [0.2, 0.25) is 0 Å². The molecule has 0 radical (unpaired) electrons. The number of aliphatic hydroxyl groups is 1. The number of nitrogens with two attached hydrogens (primary N) is 1. The molecule has 0 atom stereocenters. The minimum absolute atomic E-state index is 0.189. The molecule has 0 aliphatic heterocycles. The Balaban J connectivity index is 2.81. The van der Waals surface area contributed by atoms with Crippen LogP contribution in [-0.2, 0) is 6.42 Å². The van der Waals surface area contributed by atoms with E-state index in [0.29, 0.717) is 11.6 Å². The zero-order chi connectivity index (χ0) is 7.56. The van der Waals surface area contributed by atoms with Crippen molar-refractivity contribution in [3.63, 3.8) is 0 Å². The predicted octanol–water partition coefficient (Wildman–Crippen LogP) is -0.0124. The molecule has 0 aliphatic rings. The van der Waals surface area contributed by atoms with Crippen LogP contribution in [-0.4, -0.2) is 11.7 Å². The Morgan fingerprint density at radius 2 is 2.40 bits per heavy atom. The van der Waals surface area contributed by atoms with Gasteiger partial charge in [-0.2, -0.15) is 0 Å². The van der Waals surface area contributed by atoms with E-state index in [1.54, 1.807) is 0 Å². The van der Waals surface area contributed by atoms with Crippen molar-refractivity contribution in [1.82, 2.24) is 0 Å². The van der Waals surface area contributed by atoms with Gasteiger partial charge in [-0.1, -0.05) is 11.3 Å². The van der Waals surface area contributed by atoms with Gasteiger partial charge in [-0.15, -0.1) is 0 Å². The minimum atomic E-state index is 0.189. The minimum Gasteiger partial charge on any atom is -0.396 e. The molecule has 1 heterocycles. The molecule has 4 N–H and O–H groups in total. The second-order valence-corrected chi connectivity index (χ2v) is 3.25. The fourth-order valence-electron chi connectivity index (χ4n) is 0.829. The number of rotatable bonds is 2. The normalized spacial score (nSPS) is 10.2. The summed E-state index contributed by atoms with van der Waals surface area (Å²) < 4.78 is 0. The van der Waals surface area contributed by atoms with Crippen LogP contribution < -0.4 is 10.7 Å². The summed E-state index contributed by atoms with van der Waals surface area (Å²) in [6, 6.07) is 0. The summed E-state index contributed by atoms with van der Waals surface area (Å²) in [5.41, 5.74) is 6.56. The average molecular weight is 159 g/mol. The summed E-state index contributed by atoms with van der Waals surface area (Å²) in [5, 5.41) is 9.31. The monoisotopic (exact) mass is 159 g/mol. The third kappa shape index (κ3) is 1.46. The molecule has 1 aromatic rings. The number of H-pyrrole nitrogens is 1. The highest BCUT2D eigenvalue weighted by Crippen LogP contribution is 2.15. The molecule has 0 fully saturated rings. The third-order valence-electron chi connectivity index (χ3n) is 1.30. The number of aromatic amines is 1. The number of aryl methyl sites for hydroxylation is 1. The lowest BCUT2D eigenvalue weighted by atomic mass is 10.3. The highest BCUT2D eigenvalue weighted by Gasteiger charge is 2.07. The molecule has 4 heteroatoms. The number of nitrogens with one attached hydrogen (secondary N) is 1. The summed E-state index contributed by atoms with van der Waals surface area (Å²) >= 11 is 1.50. The Bertz CT molecular complexity index is 222. The van der Waals surface area contributed by atoms with Crippen LogP contribution in [0.15, 0.2) is 0 Å². The summed E-state index contributed by atoms with van der Waals surface area (Å²) in [7, 11) is 0. The maximum Gasteiger partial charge on any atom is 0.329 e. The first kappa shape index (κ1) is 7.50. The molecule has 0 bridgehead atoms. The third-order valence-corrected chi connectivity index (χ3v) is 2.38. The molecule has 3 nitrogen and oxygen atoms in total. The van der Waals surface area contributed by atoms with Crippen LogP contribution in [0.25, 0.3) is 0 Å². The maximum atomic E-state index is 8.61. The molecule has 0 aliphatic carbocycles. The van der Waals surface area contributed by atoms with Crippen molar-refractivity contribution < 1.29 is 10.1 Å². The summed E-state index contributed by atoms with van der Waals surface area (Å²) in [5.74, 6) is 0. The lowest BCUT2D eigenvalue weighted by Gasteiger charge is -1.87. The van der Waals surface area contributed by atoms with E-state index in [9.17, 15) is 0 Å². The van der Waals surface area contributed by atoms with Crippen LogP contribution in [0, 0.1) is 6.92 Å². The van der Waals surface area contributed by atoms with E-state index in [0.717, 1.165) is 10.6 Å². The molecule has 56 valence electrons. The van der Waals surface area contributed by atoms with Gasteiger partial charge in [-0.25, -0.2) is 4.98 Å². The van der Waals surface area contributed by atoms with Crippen LogP contribution in [0.4, 0.5) is 5.13 Å². The van der Waals surface area contributed by atoms with Gasteiger partial charge in [0.15, 0.2) is 0 Å². The molecule has 1 rings (SSSR count). The Kier molecular flexibility index (Phi) is 2.24. The van der Waals surface area contributed by atoms with E-state index in [-0.39, 0.29) is 6.61 Å². The van der Waals surface area contributed by atoms with E-state index < -0.39 is 0 Å². The Morgan fingerprint density at radius 1 is 1.70 bits per heavy atom. The lowest BCUT2D eigenvalue weighted by Crippen LogP contribution is -2.07. The number of thiazole rings is 1. The first-order chi connectivity index (χ1) is 4.74. The van der Waals surface area contributed by atoms with Gasteiger partial charge in [0.25, 0.3) is 0 Å². The van der Waals surface area contributed by atoms with Crippen molar-refractivity contribution in [3.05, 3.63) is 10.6 Å². The Labute approximate surface area is 63.5 Å². The van der Waals surface area contributed by atoms with Crippen molar-refractivity contribution in [1.29, 1.82) is 0 Å². The Morgan fingerprint density at radius 3 is 2.80 bits per heavy atom. The first-order valence-corrected chi connectivity index (χ1v) is 3.93. The summed E-state index contributed by atoms with van der Waals surface area (Å²) in [6.45, 7) is 2.15. The van der Waals surface area contributed by atoms with Crippen molar-refractivity contribution in [2.75, 3.05) is 12.3 Å². The fourth-order valence-corrected chi connectivity index (χ4v) is 1.70. The lowest BCUT2D eigenvalue weighted by molar-refractivity contribution is -0.364. The highest BCUT2D eigenvalue weighted by atomic mass is 32.1. The zero-order valence-corrected chi connectivity index (χ0v) is 6.66. The topological polar surface area (TPSA) is 60.4 Å². The largest absolute Gasteiger partial charge is 0.396 e. The van der Waals surface area contributed by atoms with Crippen molar-refractivity contribution in [2.24, 2.45) is 0 Å². The molecule has 1 aromatic heterocycles. The zero-order valence-electron chi connectivity index (χ0n) is 5.85. The molecule has 0 unspecified atom stereocenters. The van der Waals surface area contributed by atoms with Gasteiger partial charge in [0.1, 0.15) is 5.69 Å². The molecular weight excluding hydrogens is 148 g/mol. The van der Waals surface area contributed by atoms with E-state index in [1.807, 2.05) is 6.92 Å². The number of aliphatic hydroxyl groups excluding tert-OH is 1. The molecule has 0 saturated heterocycles. The first-order valence-electron chi connectivity index (χ1n) is 3.12. The predicted molar refractivity (Wildman–Crippen MR) is 40.8 cm³/mol. The van der Waals surface area contributed by atoms with Crippen LogP contribution in [0.2, 0.25) is 0 Å². The SMILES string of the molecule is Cc1[nH+]c(N)sc1CCO. The van der Waals surface area contributed by atoms with Crippen molar-refractivity contribution >= 4 is 16.5 Å². The van der Waals surface area contributed by atoms with E-state index in [4.69, 9.17) is 10.8 Å². The summed E-state index contributed by atoms with van der Waals surface area (Å²) in [4.78, 5) is 4.12. The smallest absolute Gasteiger partial charge is 0.329 e. The van der Waals surface area contributed by atoms with Crippen molar-refractivity contribution in [3.8, 4) is 0 Å². The molecule has 0 aromatic carbocycles. The maximum absolute atomic E-state index is 8.61. The van der Waals surface area contributed by atoms with Gasteiger partial charge < -0.3 is 5.11 Å².